The molecular formula is C22H33NO5Si. The van der Waals surface area contributed by atoms with Gasteiger partial charge in [0.1, 0.15) is 0 Å². The second-order valence-corrected chi connectivity index (χ2v) is 14.1. The molecule has 1 aromatic rings. The number of carbonyl (C=O) groups excluding carboxylic acids is 2. The topological polar surface area (TPSA) is 83.9 Å². The summed E-state index contributed by atoms with van der Waals surface area (Å²) in [6.07, 6.45) is -1.19. The van der Waals surface area contributed by atoms with Gasteiger partial charge in [-0.1, -0.05) is 71.9 Å². The maximum absolute atomic E-state index is 13.0. The summed E-state index contributed by atoms with van der Waals surface area (Å²) >= 11 is 0. The molecule has 160 valence electrons. The molecule has 1 aromatic carbocycles. The Morgan fingerprint density at radius 2 is 1.52 bits per heavy atom. The van der Waals surface area contributed by atoms with Crippen molar-refractivity contribution < 1.29 is 23.9 Å². The molecule has 0 radical (unpaired) electrons. The van der Waals surface area contributed by atoms with Crippen molar-refractivity contribution in [2.75, 3.05) is 0 Å². The van der Waals surface area contributed by atoms with Crippen LogP contribution >= 0.6 is 0 Å². The second-order valence-electron chi connectivity index (χ2n) is 8.71. The van der Waals surface area contributed by atoms with Gasteiger partial charge in [-0.05, 0) is 22.2 Å². The molecule has 1 heterocycles. The van der Waals surface area contributed by atoms with Crippen LogP contribution in [-0.2, 0) is 18.8 Å². The second kappa shape index (κ2) is 9.22. The number of likely N-dealkylation sites (tertiary alicyclic amines) is 1. The number of carboxylic acid groups (broad SMARTS) is 1. The van der Waals surface area contributed by atoms with Crippen molar-refractivity contribution >= 4 is 26.1 Å². The van der Waals surface area contributed by atoms with Crippen molar-refractivity contribution in [1.29, 1.82) is 0 Å². The van der Waals surface area contributed by atoms with Crippen molar-refractivity contribution in [2.24, 2.45) is 0 Å². The summed E-state index contributed by atoms with van der Waals surface area (Å²) in [5.74, 6) is -1.87. The van der Waals surface area contributed by atoms with Crippen LogP contribution in [0.5, 0.6) is 0 Å². The monoisotopic (exact) mass is 419 g/mol. The van der Waals surface area contributed by atoms with E-state index in [2.05, 4.69) is 41.5 Å². The first-order valence-electron chi connectivity index (χ1n) is 10.3. The summed E-state index contributed by atoms with van der Waals surface area (Å²) in [5, 5.41) is 8.90. The molecule has 1 aliphatic rings. The first kappa shape index (κ1) is 23.3. The van der Waals surface area contributed by atoms with Crippen molar-refractivity contribution in [2.45, 2.75) is 83.2 Å². The summed E-state index contributed by atoms with van der Waals surface area (Å²) in [5.41, 5.74) is 1.76. The zero-order valence-corrected chi connectivity index (χ0v) is 19.2. The fraction of sp³-hybridized carbons (Fsp3) is 0.591. The SMILES string of the molecule is CC(C)[Si](O[C@H]1C(=O)N(C(=O)CCC(=O)O)[C@H]1c1ccccc1)(C(C)C)C(C)C. The maximum Gasteiger partial charge on any atom is 0.303 e. The van der Waals surface area contributed by atoms with E-state index in [1.165, 1.54) is 4.90 Å². The fourth-order valence-corrected chi connectivity index (χ4v) is 10.3. The Bertz CT molecular complexity index is 725. The van der Waals surface area contributed by atoms with Gasteiger partial charge in [-0.15, -0.1) is 0 Å². The van der Waals surface area contributed by atoms with Crippen LogP contribution in [0.1, 0.15) is 66.0 Å². The summed E-state index contributed by atoms with van der Waals surface area (Å²) in [6, 6.07) is 8.88. The van der Waals surface area contributed by atoms with E-state index in [1.54, 1.807) is 0 Å². The summed E-state index contributed by atoms with van der Waals surface area (Å²) in [7, 11) is -2.33. The molecule has 0 unspecified atom stereocenters. The molecule has 1 fully saturated rings. The number of benzene rings is 1. The minimum absolute atomic E-state index is 0.196. The smallest absolute Gasteiger partial charge is 0.303 e. The molecule has 0 aromatic heterocycles. The summed E-state index contributed by atoms with van der Waals surface area (Å²) in [6.45, 7) is 12.9. The third-order valence-electron chi connectivity index (χ3n) is 6.05. The van der Waals surface area contributed by atoms with Crippen molar-refractivity contribution in [1.82, 2.24) is 4.90 Å². The van der Waals surface area contributed by atoms with Gasteiger partial charge in [0.15, 0.2) is 6.10 Å². The van der Waals surface area contributed by atoms with E-state index in [0.717, 1.165) is 5.56 Å². The Morgan fingerprint density at radius 1 is 1.00 bits per heavy atom. The Hall–Kier alpha value is -1.99. The standard InChI is InChI=1S/C22H33NO5Si/c1-14(2)29(15(3)4,16(5)6)28-21-20(17-10-8-7-9-11-17)23(22(21)27)18(24)12-13-19(25)26/h7-11,14-16,20-21H,12-13H2,1-6H3,(H,25,26)/t20-,21+/m0/s1. The van der Waals surface area contributed by atoms with Gasteiger partial charge in [0.05, 0.1) is 12.5 Å². The van der Waals surface area contributed by atoms with Gasteiger partial charge in [0.2, 0.25) is 14.2 Å². The van der Waals surface area contributed by atoms with Gasteiger partial charge < -0.3 is 9.53 Å². The van der Waals surface area contributed by atoms with Crippen LogP contribution in [0.3, 0.4) is 0 Å². The Morgan fingerprint density at radius 3 is 1.97 bits per heavy atom. The van der Waals surface area contributed by atoms with E-state index in [9.17, 15) is 14.4 Å². The molecule has 2 atom stereocenters. The van der Waals surface area contributed by atoms with E-state index in [-0.39, 0.29) is 18.7 Å². The van der Waals surface area contributed by atoms with Crippen LogP contribution < -0.4 is 0 Å². The number of carbonyl (C=O) groups is 3. The van der Waals surface area contributed by atoms with E-state index in [0.29, 0.717) is 16.6 Å². The van der Waals surface area contributed by atoms with Crippen LogP contribution in [0.2, 0.25) is 16.6 Å². The first-order valence-corrected chi connectivity index (χ1v) is 12.5. The van der Waals surface area contributed by atoms with Gasteiger partial charge in [-0.25, -0.2) is 0 Å². The lowest BCUT2D eigenvalue weighted by Crippen LogP contribution is -2.66. The minimum atomic E-state index is -2.33. The van der Waals surface area contributed by atoms with Gasteiger partial charge >= 0.3 is 5.97 Å². The highest BCUT2D eigenvalue weighted by atomic mass is 28.4. The van der Waals surface area contributed by atoms with Crippen LogP contribution in [0.15, 0.2) is 30.3 Å². The number of carboxylic acids is 1. The van der Waals surface area contributed by atoms with Crippen LogP contribution in [0, 0.1) is 0 Å². The van der Waals surface area contributed by atoms with E-state index < -0.39 is 32.3 Å². The molecule has 1 N–H and O–H groups in total. The zero-order valence-electron chi connectivity index (χ0n) is 18.2. The Balaban J connectivity index is 2.39. The Kier molecular flexibility index (Phi) is 7.40. The fourth-order valence-electron chi connectivity index (χ4n) is 4.79. The largest absolute Gasteiger partial charge is 0.481 e. The number of aliphatic carboxylic acids is 1. The van der Waals surface area contributed by atoms with Crippen LogP contribution in [-0.4, -0.2) is 42.2 Å². The lowest BCUT2D eigenvalue weighted by Gasteiger charge is -2.52. The quantitative estimate of drug-likeness (QED) is 0.470. The van der Waals surface area contributed by atoms with E-state index in [1.807, 2.05) is 30.3 Å². The summed E-state index contributed by atoms with van der Waals surface area (Å²) < 4.78 is 6.72. The molecule has 0 saturated carbocycles. The number of β-lactam (4-membered cyclic amide) rings is 1. The molecule has 0 aliphatic carbocycles. The van der Waals surface area contributed by atoms with Gasteiger partial charge in [-0.2, -0.15) is 0 Å². The van der Waals surface area contributed by atoms with Gasteiger partial charge in [0.25, 0.3) is 5.91 Å². The van der Waals surface area contributed by atoms with Crippen LogP contribution in [0.25, 0.3) is 0 Å². The third kappa shape index (κ3) is 4.45. The highest BCUT2D eigenvalue weighted by molar-refractivity contribution is 6.77. The number of nitrogens with zero attached hydrogens (tertiary/aromatic N) is 1. The molecule has 6 nitrogen and oxygen atoms in total. The predicted octanol–water partition coefficient (Wildman–Crippen LogP) is 4.52. The highest BCUT2D eigenvalue weighted by Crippen LogP contribution is 2.47. The molecular weight excluding hydrogens is 386 g/mol. The number of hydrogen-bond acceptors (Lipinski definition) is 4. The molecule has 1 saturated heterocycles. The zero-order chi connectivity index (χ0) is 21.9. The normalized spacial score (nSPS) is 19.8. The van der Waals surface area contributed by atoms with Gasteiger partial charge in [0, 0.05) is 6.42 Å². The number of rotatable bonds is 9. The van der Waals surface area contributed by atoms with Crippen molar-refractivity contribution in [3.63, 3.8) is 0 Å². The minimum Gasteiger partial charge on any atom is -0.481 e. The summed E-state index contributed by atoms with van der Waals surface area (Å²) in [4.78, 5) is 37.7. The van der Waals surface area contributed by atoms with Crippen molar-refractivity contribution in [3.8, 4) is 0 Å². The average molecular weight is 420 g/mol. The number of imide groups is 1. The van der Waals surface area contributed by atoms with E-state index in [4.69, 9.17) is 9.53 Å². The van der Waals surface area contributed by atoms with Crippen molar-refractivity contribution in [3.05, 3.63) is 35.9 Å². The molecule has 0 spiro atoms. The lowest BCUT2D eigenvalue weighted by molar-refractivity contribution is -0.174. The van der Waals surface area contributed by atoms with Crippen LogP contribution in [0.4, 0.5) is 0 Å². The number of hydrogen-bond donors (Lipinski definition) is 1. The predicted molar refractivity (Wildman–Crippen MR) is 114 cm³/mol. The average Bonchev–Trinajstić information content (AvgIpc) is 2.64. The molecule has 2 rings (SSSR count). The van der Waals surface area contributed by atoms with Gasteiger partial charge in [-0.3, -0.25) is 19.3 Å². The molecule has 1 aliphatic heterocycles. The number of amides is 2. The first-order chi connectivity index (χ1) is 13.5. The molecule has 7 heteroatoms. The lowest BCUT2D eigenvalue weighted by atomic mass is 9.90. The van der Waals surface area contributed by atoms with E-state index >= 15 is 0 Å². The molecule has 29 heavy (non-hydrogen) atoms. The maximum atomic E-state index is 13.0. The molecule has 2 amide bonds. The molecule has 0 bridgehead atoms. The highest BCUT2D eigenvalue weighted by Gasteiger charge is 2.57. The third-order valence-corrected chi connectivity index (χ3v) is 12.1. The Labute approximate surface area is 174 Å².